The van der Waals surface area contributed by atoms with Crippen LogP contribution in [0.5, 0.6) is 0 Å². The van der Waals surface area contributed by atoms with Gasteiger partial charge in [0.25, 0.3) is 0 Å². The second kappa shape index (κ2) is 5.51. The van der Waals surface area contributed by atoms with E-state index in [-0.39, 0.29) is 17.9 Å². The third-order valence-electron chi connectivity index (χ3n) is 4.70. The zero-order valence-electron chi connectivity index (χ0n) is 12.4. The summed E-state index contributed by atoms with van der Waals surface area (Å²) >= 11 is 0. The van der Waals surface area contributed by atoms with E-state index in [9.17, 15) is 9.59 Å². The summed E-state index contributed by atoms with van der Waals surface area (Å²) in [5.74, 6) is -0.243. The molecular weight excluding hydrogens is 264 g/mol. The van der Waals surface area contributed by atoms with Gasteiger partial charge < -0.3 is 10.6 Å². The molecule has 2 saturated carbocycles. The number of benzene rings is 1. The lowest BCUT2D eigenvalue weighted by Gasteiger charge is -2.19. The molecule has 2 aliphatic rings. The first-order valence-electron chi connectivity index (χ1n) is 7.80. The van der Waals surface area contributed by atoms with Crippen molar-refractivity contribution in [3.8, 4) is 0 Å². The quantitative estimate of drug-likeness (QED) is 0.836. The maximum atomic E-state index is 12.5. The topological polar surface area (TPSA) is 58.2 Å². The van der Waals surface area contributed by atoms with Crippen LogP contribution in [0.25, 0.3) is 0 Å². The number of anilines is 1. The summed E-state index contributed by atoms with van der Waals surface area (Å²) < 4.78 is 0. The molecule has 112 valence electrons. The Balaban J connectivity index is 1.66. The Morgan fingerprint density at radius 3 is 2.38 bits per heavy atom. The van der Waals surface area contributed by atoms with Crippen molar-refractivity contribution in [1.82, 2.24) is 5.32 Å². The fourth-order valence-electron chi connectivity index (χ4n) is 3.03. The molecule has 4 heteroatoms. The van der Waals surface area contributed by atoms with E-state index < -0.39 is 5.41 Å². The fraction of sp³-hybridized carbons (Fsp3) is 0.529. The van der Waals surface area contributed by atoms with Gasteiger partial charge in [-0.1, -0.05) is 31.0 Å². The van der Waals surface area contributed by atoms with Crippen molar-refractivity contribution in [2.24, 2.45) is 5.41 Å². The highest BCUT2D eigenvalue weighted by Crippen LogP contribution is 2.47. The number of carbonyl (C=O) groups is 2. The Hall–Kier alpha value is -1.84. The smallest absolute Gasteiger partial charge is 0.240 e. The number of aryl methyl sites for hydroxylation is 1. The number of hydrogen-bond acceptors (Lipinski definition) is 2. The van der Waals surface area contributed by atoms with Crippen LogP contribution in [0.1, 0.15) is 44.1 Å². The van der Waals surface area contributed by atoms with Crippen molar-refractivity contribution >= 4 is 17.5 Å². The highest BCUT2D eigenvalue weighted by atomic mass is 16.2. The van der Waals surface area contributed by atoms with E-state index in [4.69, 9.17) is 0 Å². The van der Waals surface area contributed by atoms with Gasteiger partial charge in [0.15, 0.2) is 0 Å². The monoisotopic (exact) mass is 286 g/mol. The lowest BCUT2D eigenvalue weighted by molar-refractivity contribution is -0.134. The molecule has 1 aromatic carbocycles. The van der Waals surface area contributed by atoms with E-state index >= 15 is 0 Å². The molecule has 2 amide bonds. The van der Waals surface area contributed by atoms with Gasteiger partial charge in [0.1, 0.15) is 5.41 Å². The highest BCUT2D eigenvalue weighted by Gasteiger charge is 2.56. The van der Waals surface area contributed by atoms with Gasteiger partial charge in [-0.3, -0.25) is 9.59 Å². The molecule has 0 aromatic heterocycles. The highest BCUT2D eigenvalue weighted by molar-refractivity contribution is 6.13. The van der Waals surface area contributed by atoms with Crippen molar-refractivity contribution in [2.45, 2.75) is 51.5 Å². The first-order chi connectivity index (χ1) is 10.1. The first-order valence-corrected chi connectivity index (χ1v) is 7.80. The number of nitrogens with one attached hydrogen (secondary N) is 2. The van der Waals surface area contributed by atoms with Crippen molar-refractivity contribution < 1.29 is 9.59 Å². The molecule has 0 heterocycles. The van der Waals surface area contributed by atoms with Crippen LogP contribution in [0.15, 0.2) is 24.3 Å². The predicted molar refractivity (Wildman–Crippen MR) is 81.9 cm³/mol. The summed E-state index contributed by atoms with van der Waals surface area (Å²) in [4.78, 5) is 24.9. The molecule has 0 saturated heterocycles. The summed E-state index contributed by atoms with van der Waals surface area (Å²) in [6.07, 6.45) is 5.75. The SMILES string of the molecule is Cc1ccccc1NC(=O)C1(C(=O)NC2CCCC2)CC1. The lowest BCUT2D eigenvalue weighted by Crippen LogP contribution is -2.43. The zero-order valence-corrected chi connectivity index (χ0v) is 12.4. The molecule has 2 fully saturated rings. The van der Waals surface area contributed by atoms with Crippen LogP contribution in [0.4, 0.5) is 5.69 Å². The van der Waals surface area contributed by atoms with Crippen LogP contribution in [0.2, 0.25) is 0 Å². The van der Waals surface area contributed by atoms with Crippen molar-refractivity contribution in [3.05, 3.63) is 29.8 Å². The average molecular weight is 286 g/mol. The molecule has 2 N–H and O–H groups in total. The Bertz CT molecular complexity index is 558. The van der Waals surface area contributed by atoms with E-state index in [1.54, 1.807) is 0 Å². The molecule has 0 aliphatic heterocycles. The van der Waals surface area contributed by atoms with Gasteiger partial charge in [-0.15, -0.1) is 0 Å². The first kappa shape index (κ1) is 14.1. The van der Waals surface area contributed by atoms with Gasteiger partial charge >= 0.3 is 0 Å². The number of amides is 2. The minimum atomic E-state index is -0.829. The third-order valence-corrected chi connectivity index (χ3v) is 4.70. The molecule has 21 heavy (non-hydrogen) atoms. The standard InChI is InChI=1S/C17H22N2O2/c1-12-6-2-5-9-14(12)19-16(21)17(10-11-17)15(20)18-13-7-3-4-8-13/h2,5-6,9,13H,3-4,7-8,10-11H2,1H3,(H,18,20)(H,19,21). The number of rotatable bonds is 4. The van der Waals surface area contributed by atoms with Gasteiger partial charge in [-0.05, 0) is 44.2 Å². The van der Waals surface area contributed by atoms with Crippen LogP contribution < -0.4 is 10.6 Å². The van der Waals surface area contributed by atoms with Gasteiger partial charge in [0.2, 0.25) is 11.8 Å². The predicted octanol–water partition coefficient (Wildman–Crippen LogP) is 2.77. The molecule has 1 aromatic rings. The maximum Gasteiger partial charge on any atom is 0.240 e. The van der Waals surface area contributed by atoms with Gasteiger partial charge in [0, 0.05) is 11.7 Å². The Morgan fingerprint density at radius 1 is 1.10 bits per heavy atom. The fourth-order valence-corrected chi connectivity index (χ4v) is 3.03. The van der Waals surface area contributed by atoms with Gasteiger partial charge in [0.05, 0.1) is 0 Å². The van der Waals surface area contributed by atoms with Crippen molar-refractivity contribution in [1.29, 1.82) is 0 Å². The lowest BCUT2D eigenvalue weighted by atomic mass is 10.0. The summed E-state index contributed by atoms with van der Waals surface area (Å²) in [6, 6.07) is 7.92. The van der Waals surface area contributed by atoms with E-state index in [0.29, 0.717) is 12.8 Å². The van der Waals surface area contributed by atoms with Crippen LogP contribution in [0, 0.1) is 12.3 Å². The summed E-state index contributed by atoms with van der Waals surface area (Å²) in [5.41, 5.74) is 0.977. The number of para-hydroxylation sites is 1. The average Bonchev–Trinajstić information content (AvgIpc) is 3.14. The molecule has 0 atom stereocenters. The minimum absolute atomic E-state index is 0.0829. The van der Waals surface area contributed by atoms with E-state index in [0.717, 1.165) is 24.1 Å². The second-order valence-electron chi connectivity index (χ2n) is 6.31. The van der Waals surface area contributed by atoms with Crippen molar-refractivity contribution in [3.63, 3.8) is 0 Å². The van der Waals surface area contributed by atoms with Gasteiger partial charge in [-0.2, -0.15) is 0 Å². The van der Waals surface area contributed by atoms with Crippen molar-refractivity contribution in [2.75, 3.05) is 5.32 Å². The molecule has 2 aliphatic carbocycles. The summed E-state index contributed by atoms with van der Waals surface area (Å²) in [6.45, 7) is 1.95. The second-order valence-corrected chi connectivity index (χ2v) is 6.31. The molecule has 0 bridgehead atoms. The molecule has 4 nitrogen and oxygen atoms in total. The largest absolute Gasteiger partial charge is 0.352 e. The Morgan fingerprint density at radius 2 is 1.76 bits per heavy atom. The zero-order chi connectivity index (χ0) is 14.9. The molecule has 0 spiro atoms. The number of carbonyl (C=O) groups excluding carboxylic acids is 2. The number of hydrogen-bond donors (Lipinski definition) is 2. The molecular formula is C17H22N2O2. The van der Waals surface area contributed by atoms with Crippen LogP contribution in [-0.2, 0) is 9.59 Å². The van der Waals surface area contributed by atoms with E-state index in [1.807, 2.05) is 31.2 Å². The molecule has 0 radical (unpaired) electrons. The summed E-state index contributed by atoms with van der Waals surface area (Å²) in [7, 11) is 0. The Labute approximate surface area is 125 Å². The summed E-state index contributed by atoms with van der Waals surface area (Å²) in [5, 5.41) is 5.98. The maximum absolute atomic E-state index is 12.5. The van der Waals surface area contributed by atoms with E-state index in [1.165, 1.54) is 12.8 Å². The third kappa shape index (κ3) is 2.80. The van der Waals surface area contributed by atoms with Gasteiger partial charge in [-0.25, -0.2) is 0 Å². The molecule has 3 rings (SSSR count). The van der Waals surface area contributed by atoms with Crippen LogP contribution in [-0.4, -0.2) is 17.9 Å². The van der Waals surface area contributed by atoms with Crippen LogP contribution in [0.3, 0.4) is 0 Å². The molecule has 0 unspecified atom stereocenters. The Kier molecular flexibility index (Phi) is 3.70. The minimum Gasteiger partial charge on any atom is -0.352 e. The normalized spacial score (nSPS) is 20.0. The van der Waals surface area contributed by atoms with E-state index in [2.05, 4.69) is 10.6 Å². The van der Waals surface area contributed by atoms with Crippen LogP contribution >= 0.6 is 0 Å².